The summed E-state index contributed by atoms with van der Waals surface area (Å²) in [5.41, 5.74) is 1.50. The minimum absolute atomic E-state index is 0.00393. The van der Waals surface area contributed by atoms with Gasteiger partial charge in [-0.3, -0.25) is 14.7 Å². The standard InChI is InChI=1S/C20H16F3N5O3S/c21-20(22,23)10-31-11-5-6-14-15(9-11)32-19(25-14)26-16(29)7-8-24-18(30)17-12-3-1-2-4-13(12)27-28-17/h1-6,9H,7-8,10H2,(H,24,30)(H,27,28)(H,25,26,29). The highest BCUT2D eigenvalue weighted by Gasteiger charge is 2.28. The first-order chi connectivity index (χ1) is 15.3. The SMILES string of the molecule is O=C(CCNC(=O)c1n[nH]c2ccccc12)Nc1nc2ccc(OCC(F)(F)F)cc2s1. The predicted molar refractivity (Wildman–Crippen MR) is 113 cm³/mol. The Labute approximate surface area is 182 Å². The van der Waals surface area contributed by atoms with Gasteiger partial charge < -0.3 is 15.4 Å². The lowest BCUT2D eigenvalue weighted by atomic mass is 10.2. The molecule has 2 aromatic heterocycles. The quantitative estimate of drug-likeness (QED) is 0.386. The topological polar surface area (TPSA) is 109 Å². The average molecular weight is 463 g/mol. The molecule has 32 heavy (non-hydrogen) atoms. The maximum absolute atomic E-state index is 12.3. The number of anilines is 1. The number of fused-ring (bicyclic) bond motifs is 2. The number of hydrogen-bond donors (Lipinski definition) is 3. The lowest BCUT2D eigenvalue weighted by Gasteiger charge is -2.08. The van der Waals surface area contributed by atoms with Crippen LogP contribution in [0.25, 0.3) is 21.1 Å². The van der Waals surface area contributed by atoms with Gasteiger partial charge in [-0.2, -0.15) is 18.3 Å². The number of benzene rings is 2. The lowest BCUT2D eigenvalue weighted by Crippen LogP contribution is -2.28. The number of halogens is 3. The van der Waals surface area contributed by atoms with Crippen molar-refractivity contribution in [3.8, 4) is 5.75 Å². The molecule has 2 aromatic carbocycles. The van der Waals surface area contributed by atoms with Gasteiger partial charge in [-0.25, -0.2) is 4.98 Å². The second-order valence-electron chi connectivity index (χ2n) is 6.72. The highest BCUT2D eigenvalue weighted by molar-refractivity contribution is 7.22. The second kappa shape index (κ2) is 8.83. The van der Waals surface area contributed by atoms with Crippen molar-refractivity contribution in [2.24, 2.45) is 0 Å². The summed E-state index contributed by atoms with van der Waals surface area (Å²) in [7, 11) is 0. The third-order valence-electron chi connectivity index (χ3n) is 4.33. The molecule has 4 aromatic rings. The highest BCUT2D eigenvalue weighted by Crippen LogP contribution is 2.30. The minimum Gasteiger partial charge on any atom is -0.484 e. The van der Waals surface area contributed by atoms with Crippen LogP contribution in [0, 0.1) is 0 Å². The molecule has 2 heterocycles. The maximum atomic E-state index is 12.3. The molecule has 0 aliphatic heterocycles. The van der Waals surface area contributed by atoms with E-state index in [0.29, 0.717) is 20.7 Å². The molecule has 4 rings (SSSR count). The summed E-state index contributed by atoms with van der Waals surface area (Å²) in [5.74, 6) is -0.712. The number of aromatic amines is 1. The Balaban J connectivity index is 1.30. The van der Waals surface area contributed by atoms with E-state index in [-0.39, 0.29) is 30.3 Å². The first-order valence-electron chi connectivity index (χ1n) is 9.40. The third-order valence-corrected chi connectivity index (χ3v) is 5.27. The summed E-state index contributed by atoms with van der Waals surface area (Å²) in [6.07, 6.45) is -4.43. The zero-order chi connectivity index (χ0) is 22.7. The van der Waals surface area contributed by atoms with E-state index >= 15 is 0 Å². The van der Waals surface area contributed by atoms with Crippen molar-refractivity contribution in [2.75, 3.05) is 18.5 Å². The number of thiazole rings is 1. The Kier molecular flexibility index (Phi) is 5.95. The number of carbonyl (C=O) groups is 2. The van der Waals surface area contributed by atoms with E-state index in [0.717, 1.165) is 16.9 Å². The van der Waals surface area contributed by atoms with Crippen molar-refractivity contribution in [3.63, 3.8) is 0 Å². The molecule has 12 heteroatoms. The molecule has 3 N–H and O–H groups in total. The lowest BCUT2D eigenvalue weighted by molar-refractivity contribution is -0.153. The van der Waals surface area contributed by atoms with Crippen molar-refractivity contribution in [3.05, 3.63) is 48.2 Å². The number of ether oxygens (including phenoxy) is 1. The molecular weight excluding hydrogens is 447 g/mol. The van der Waals surface area contributed by atoms with Crippen LogP contribution in [0.2, 0.25) is 0 Å². The van der Waals surface area contributed by atoms with Gasteiger partial charge in [0.1, 0.15) is 5.75 Å². The van der Waals surface area contributed by atoms with Crippen LogP contribution in [0.15, 0.2) is 42.5 Å². The summed E-state index contributed by atoms with van der Waals surface area (Å²) in [6, 6.07) is 11.5. The number of nitrogens with zero attached hydrogens (tertiary/aromatic N) is 2. The van der Waals surface area contributed by atoms with Crippen molar-refractivity contribution in [1.82, 2.24) is 20.5 Å². The maximum Gasteiger partial charge on any atom is 0.422 e. The van der Waals surface area contributed by atoms with Crippen LogP contribution in [-0.4, -0.2) is 46.3 Å². The van der Waals surface area contributed by atoms with Gasteiger partial charge in [0.2, 0.25) is 5.91 Å². The van der Waals surface area contributed by atoms with Gasteiger partial charge in [0.15, 0.2) is 17.4 Å². The zero-order valence-corrected chi connectivity index (χ0v) is 17.1. The second-order valence-corrected chi connectivity index (χ2v) is 7.75. The first kappa shape index (κ1) is 21.6. The normalized spacial score (nSPS) is 11.6. The Morgan fingerprint density at radius 1 is 1.16 bits per heavy atom. The first-order valence-corrected chi connectivity index (χ1v) is 10.2. The minimum atomic E-state index is -4.43. The summed E-state index contributed by atoms with van der Waals surface area (Å²) in [4.78, 5) is 28.7. The van der Waals surface area contributed by atoms with Crippen LogP contribution in [-0.2, 0) is 4.79 Å². The number of rotatable bonds is 7. The molecule has 0 spiro atoms. The van der Waals surface area contributed by atoms with E-state index in [2.05, 4.69) is 25.8 Å². The number of alkyl halides is 3. The highest BCUT2D eigenvalue weighted by atomic mass is 32.1. The Hall–Kier alpha value is -3.67. The molecule has 0 radical (unpaired) electrons. The van der Waals surface area contributed by atoms with Crippen LogP contribution in [0.4, 0.5) is 18.3 Å². The largest absolute Gasteiger partial charge is 0.484 e. The number of aromatic nitrogens is 3. The number of hydrogen-bond acceptors (Lipinski definition) is 6. The average Bonchev–Trinajstić information content (AvgIpc) is 3.34. The van der Waals surface area contributed by atoms with E-state index in [1.165, 1.54) is 18.2 Å². The molecule has 0 unspecified atom stereocenters. The van der Waals surface area contributed by atoms with Crippen molar-refractivity contribution in [2.45, 2.75) is 12.6 Å². The van der Waals surface area contributed by atoms with Gasteiger partial charge in [0.25, 0.3) is 5.91 Å². The van der Waals surface area contributed by atoms with Crippen molar-refractivity contribution >= 4 is 49.4 Å². The van der Waals surface area contributed by atoms with Crippen LogP contribution >= 0.6 is 11.3 Å². The Bertz CT molecular complexity index is 1280. The fourth-order valence-corrected chi connectivity index (χ4v) is 3.82. The Morgan fingerprint density at radius 3 is 2.78 bits per heavy atom. The Morgan fingerprint density at radius 2 is 1.97 bits per heavy atom. The molecule has 0 bridgehead atoms. The molecule has 8 nitrogen and oxygen atoms in total. The molecule has 0 fully saturated rings. The number of para-hydroxylation sites is 1. The monoisotopic (exact) mass is 463 g/mol. The predicted octanol–water partition coefficient (Wildman–Crippen LogP) is 3.87. The van der Waals surface area contributed by atoms with Gasteiger partial charge in [-0.1, -0.05) is 29.5 Å². The van der Waals surface area contributed by atoms with Gasteiger partial charge >= 0.3 is 6.18 Å². The number of carbonyl (C=O) groups excluding carboxylic acids is 2. The van der Waals surface area contributed by atoms with E-state index in [1.54, 1.807) is 18.2 Å². The third kappa shape index (κ3) is 5.14. The van der Waals surface area contributed by atoms with Gasteiger partial charge in [-0.15, -0.1) is 0 Å². The molecule has 0 saturated heterocycles. The van der Waals surface area contributed by atoms with Gasteiger partial charge in [0, 0.05) is 18.4 Å². The van der Waals surface area contributed by atoms with Crippen LogP contribution in [0.3, 0.4) is 0 Å². The molecule has 0 aliphatic carbocycles. The summed E-state index contributed by atoms with van der Waals surface area (Å²) in [6.45, 7) is -1.30. The fraction of sp³-hybridized carbons (Fsp3) is 0.200. The van der Waals surface area contributed by atoms with Crippen LogP contribution in [0.1, 0.15) is 16.9 Å². The van der Waals surface area contributed by atoms with Crippen molar-refractivity contribution < 1.29 is 27.5 Å². The molecule has 0 atom stereocenters. The van der Waals surface area contributed by atoms with E-state index in [9.17, 15) is 22.8 Å². The number of H-pyrrole nitrogens is 1. The fourth-order valence-electron chi connectivity index (χ4n) is 2.90. The van der Waals surface area contributed by atoms with Crippen LogP contribution < -0.4 is 15.4 Å². The number of amides is 2. The molecule has 0 saturated carbocycles. The van der Waals surface area contributed by atoms with E-state index in [1.807, 2.05) is 6.07 Å². The summed E-state index contributed by atoms with van der Waals surface area (Å²) in [5, 5.41) is 13.0. The zero-order valence-electron chi connectivity index (χ0n) is 16.3. The summed E-state index contributed by atoms with van der Waals surface area (Å²) >= 11 is 1.11. The molecule has 2 amide bonds. The van der Waals surface area contributed by atoms with Gasteiger partial charge in [0.05, 0.1) is 15.7 Å². The van der Waals surface area contributed by atoms with Crippen LogP contribution in [0.5, 0.6) is 5.75 Å². The molecular formula is C20H16F3N5O3S. The smallest absolute Gasteiger partial charge is 0.422 e. The van der Waals surface area contributed by atoms with Gasteiger partial charge in [-0.05, 0) is 24.3 Å². The summed E-state index contributed by atoms with van der Waals surface area (Å²) < 4.78 is 42.2. The molecule has 166 valence electrons. The molecule has 0 aliphatic rings. The van der Waals surface area contributed by atoms with Crippen molar-refractivity contribution in [1.29, 1.82) is 0 Å². The van der Waals surface area contributed by atoms with E-state index < -0.39 is 18.7 Å². The number of nitrogens with one attached hydrogen (secondary N) is 3. The van der Waals surface area contributed by atoms with E-state index in [4.69, 9.17) is 4.74 Å².